The third-order valence-electron chi connectivity index (χ3n) is 4.29. The van der Waals surface area contributed by atoms with Crippen molar-refractivity contribution in [3.05, 3.63) is 0 Å². The number of nitrogens with one attached hydrogen (secondary N) is 1. The molecule has 3 nitrogen and oxygen atoms in total. The van der Waals surface area contributed by atoms with Crippen LogP contribution in [0.3, 0.4) is 0 Å². The van der Waals surface area contributed by atoms with Crippen LogP contribution in [0.4, 0.5) is 0 Å². The Bertz CT molecular complexity index is 213. The Balaban J connectivity index is 2.55. The van der Waals surface area contributed by atoms with Crippen LogP contribution in [0, 0.1) is 5.41 Å². The molecule has 0 aromatic carbocycles. The first-order valence-corrected chi connectivity index (χ1v) is 7.69. The largest absolute Gasteiger partial charge is 0.396 e. The predicted molar refractivity (Wildman–Crippen MR) is 77.9 cm³/mol. The zero-order valence-electron chi connectivity index (χ0n) is 12.5. The van der Waals surface area contributed by atoms with E-state index in [1.165, 1.54) is 32.2 Å². The Labute approximate surface area is 113 Å². The summed E-state index contributed by atoms with van der Waals surface area (Å²) in [5, 5.41) is 12.6. The van der Waals surface area contributed by atoms with E-state index in [1.54, 1.807) is 0 Å². The molecule has 2 N–H and O–H groups in total. The van der Waals surface area contributed by atoms with E-state index in [-0.39, 0.29) is 0 Å². The van der Waals surface area contributed by atoms with Crippen LogP contribution in [0.2, 0.25) is 0 Å². The van der Waals surface area contributed by atoms with Crippen molar-refractivity contribution >= 4 is 0 Å². The van der Waals surface area contributed by atoms with Gasteiger partial charge >= 0.3 is 0 Å². The summed E-state index contributed by atoms with van der Waals surface area (Å²) in [6.07, 6.45) is 6.40. The lowest BCUT2D eigenvalue weighted by Crippen LogP contribution is -2.45. The second-order valence-corrected chi connectivity index (χ2v) is 6.13. The summed E-state index contributed by atoms with van der Waals surface area (Å²) in [5.74, 6) is 0. The molecule has 0 bridgehead atoms. The molecule has 3 heteroatoms. The van der Waals surface area contributed by atoms with E-state index in [4.69, 9.17) is 5.11 Å². The molecule has 108 valence electrons. The SMILES string of the molecule is CCNCC1(CN(CCCO)C(C)C)CCCC1. The number of hydrogen-bond donors (Lipinski definition) is 2. The van der Waals surface area contributed by atoms with E-state index in [1.807, 2.05) is 0 Å². The molecule has 0 unspecified atom stereocenters. The molecule has 0 atom stereocenters. The molecule has 18 heavy (non-hydrogen) atoms. The summed E-state index contributed by atoms with van der Waals surface area (Å²) in [7, 11) is 0. The number of aliphatic hydroxyl groups is 1. The highest BCUT2D eigenvalue weighted by Crippen LogP contribution is 2.38. The van der Waals surface area contributed by atoms with Gasteiger partial charge in [0.05, 0.1) is 0 Å². The van der Waals surface area contributed by atoms with Crippen LogP contribution in [-0.4, -0.2) is 48.8 Å². The predicted octanol–water partition coefficient (Wildman–Crippen LogP) is 2.25. The normalized spacial score (nSPS) is 19.0. The van der Waals surface area contributed by atoms with Crippen molar-refractivity contribution in [1.29, 1.82) is 0 Å². The van der Waals surface area contributed by atoms with Gasteiger partial charge in [0.25, 0.3) is 0 Å². The quantitative estimate of drug-likeness (QED) is 0.664. The molecule has 0 aliphatic heterocycles. The van der Waals surface area contributed by atoms with E-state index in [2.05, 4.69) is 31.0 Å². The van der Waals surface area contributed by atoms with Gasteiger partial charge in [-0.05, 0) is 45.1 Å². The van der Waals surface area contributed by atoms with Crippen LogP contribution in [0.15, 0.2) is 0 Å². The lowest BCUT2D eigenvalue weighted by molar-refractivity contribution is 0.113. The summed E-state index contributed by atoms with van der Waals surface area (Å²) < 4.78 is 0. The Kier molecular flexibility index (Phi) is 7.20. The zero-order valence-corrected chi connectivity index (χ0v) is 12.5. The summed E-state index contributed by atoms with van der Waals surface area (Å²) >= 11 is 0. The molecule has 1 fully saturated rings. The standard InChI is InChI=1S/C15H32N2O/c1-4-16-12-15(8-5-6-9-15)13-17(14(2)3)10-7-11-18/h14,16,18H,4-13H2,1-3H3. The maximum atomic E-state index is 9.02. The molecule has 0 radical (unpaired) electrons. The maximum Gasteiger partial charge on any atom is 0.0443 e. The van der Waals surface area contributed by atoms with E-state index < -0.39 is 0 Å². The average Bonchev–Trinajstić information content (AvgIpc) is 2.81. The van der Waals surface area contributed by atoms with Crippen molar-refractivity contribution in [2.75, 3.05) is 32.8 Å². The van der Waals surface area contributed by atoms with Gasteiger partial charge in [0.1, 0.15) is 0 Å². The van der Waals surface area contributed by atoms with Gasteiger partial charge in [0.15, 0.2) is 0 Å². The highest BCUT2D eigenvalue weighted by atomic mass is 16.3. The molecule has 0 aromatic heterocycles. The number of hydrogen-bond acceptors (Lipinski definition) is 3. The van der Waals surface area contributed by atoms with E-state index in [9.17, 15) is 0 Å². The first-order valence-electron chi connectivity index (χ1n) is 7.69. The molecule has 0 saturated heterocycles. The Morgan fingerprint density at radius 1 is 1.28 bits per heavy atom. The molecule has 0 aromatic rings. The lowest BCUT2D eigenvalue weighted by atomic mass is 9.85. The smallest absolute Gasteiger partial charge is 0.0443 e. The minimum atomic E-state index is 0.309. The van der Waals surface area contributed by atoms with E-state index >= 15 is 0 Å². The molecule has 0 spiro atoms. The van der Waals surface area contributed by atoms with Gasteiger partial charge in [-0.2, -0.15) is 0 Å². The van der Waals surface area contributed by atoms with E-state index in [0.29, 0.717) is 18.1 Å². The highest BCUT2D eigenvalue weighted by Gasteiger charge is 2.35. The van der Waals surface area contributed by atoms with Crippen molar-refractivity contribution in [1.82, 2.24) is 10.2 Å². The fourth-order valence-corrected chi connectivity index (χ4v) is 3.13. The summed E-state index contributed by atoms with van der Waals surface area (Å²) in [6.45, 7) is 11.5. The Hall–Kier alpha value is -0.120. The minimum absolute atomic E-state index is 0.309. The van der Waals surface area contributed by atoms with Crippen LogP contribution >= 0.6 is 0 Å². The fourth-order valence-electron chi connectivity index (χ4n) is 3.13. The summed E-state index contributed by atoms with van der Waals surface area (Å²) in [4.78, 5) is 2.55. The molecular formula is C15H32N2O. The minimum Gasteiger partial charge on any atom is -0.396 e. The van der Waals surface area contributed by atoms with Crippen molar-refractivity contribution in [2.24, 2.45) is 5.41 Å². The van der Waals surface area contributed by atoms with Gasteiger partial charge in [0, 0.05) is 32.3 Å². The van der Waals surface area contributed by atoms with Crippen LogP contribution < -0.4 is 5.32 Å². The van der Waals surface area contributed by atoms with Crippen molar-refractivity contribution < 1.29 is 5.11 Å². The van der Waals surface area contributed by atoms with Gasteiger partial charge in [-0.1, -0.05) is 19.8 Å². The molecule has 1 aliphatic rings. The number of aliphatic hydroxyl groups excluding tert-OH is 1. The van der Waals surface area contributed by atoms with Crippen LogP contribution in [0.25, 0.3) is 0 Å². The highest BCUT2D eigenvalue weighted by molar-refractivity contribution is 4.90. The van der Waals surface area contributed by atoms with Crippen molar-refractivity contribution in [2.45, 2.75) is 58.9 Å². The van der Waals surface area contributed by atoms with Gasteiger partial charge in [-0.25, -0.2) is 0 Å². The van der Waals surface area contributed by atoms with Crippen molar-refractivity contribution in [3.63, 3.8) is 0 Å². The topological polar surface area (TPSA) is 35.5 Å². The summed E-state index contributed by atoms with van der Waals surface area (Å²) in [6, 6.07) is 0.579. The Morgan fingerprint density at radius 3 is 2.44 bits per heavy atom. The van der Waals surface area contributed by atoms with Crippen LogP contribution in [0.5, 0.6) is 0 Å². The molecule has 0 amide bonds. The molecule has 0 heterocycles. The fraction of sp³-hybridized carbons (Fsp3) is 1.00. The second kappa shape index (κ2) is 8.13. The third-order valence-corrected chi connectivity index (χ3v) is 4.29. The van der Waals surface area contributed by atoms with E-state index in [0.717, 1.165) is 26.1 Å². The van der Waals surface area contributed by atoms with Gasteiger partial charge < -0.3 is 15.3 Å². The van der Waals surface area contributed by atoms with Gasteiger partial charge in [-0.15, -0.1) is 0 Å². The molecular weight excluding hydrogens is 224 g/mol. The molecule has 1 aliphatic carbocycles. The van der Waals surface area contributed by atoms with Crippen LogP contribution in [0.1, 0.15) is 52.9 Å². The average molecular weight is 256 g/mol. The summed E-state index contributed by atoms with van der Waals surface area (Å²) in [5.41, 5.74) is 0.482. The lowest BCUT2D eigenvalue weighted by Gasteiger charge is -2.38. The van der Waals surface area contributed by atoms with Gasteiger partial charge in [0.2, 0.25) is 0 Å². The van der Waals surface area contributed by atoms with Crippen LogP contribution in [-0.2, 0) is 0 Å². The number of rotatable bonds is 9. The second-order valence-electron chi connectivity index (χ2n) is 6.13. The maximum absolute atomic E-state index is 9.02. The first kappa shape index (κ1) is 15.9. The first-order chi connectivity index (χ1) is 8.63. The van der Waals surface area contributed by atoms with Gasteiger partial charge in [-0.3, -0.25) is 0 Å². The Morgan fingerprint density at radius 2 is 1.94 bits per heavy atom. The molecule has 1 rings (SSSR count). The zero-order chi connectivity index (χ0) is 13.4. The molecule has 1 saturated carbocycles. The van der Waals surface area contributed by atoms with Crippen molar-refractivity contribution in [3.8, 4) is 0 Å². The monoisotopic (exact) mass is 256 g/mol. The third kappa shape index (κ3) is 4.87. The number of nitrogens with zero attached hydrogens (tertiary/aromatic N) is 1.